The highest BCUT2D eigenvalue weighted by Gasteiger charge is 2.08. The van der Waals surface area contributed by atoms with Crippen molar-refractivity contribution in [1.29, 1.82) is 0 Å². The van der Waals surface area contributed by atoms with Gasteiger partial charge in [-0.3, -0.25) is 0 Å². The topological polar surface area (TPSA) is 93.1 Å². The molecule has 0 aliphatic carbocycles. The number of rotatable bonds is 6. The highest BCUT2D eigenvalue weighted by Crippen LogP contribution is 2.30. The highest BCUT2D eigenvalue weighted by molar-refractivity contribution is 5.88. The van der Waals surface area contributed by atoms with Gasteiger partial charge in [-0.1, -0.05) is 0 Å². The summed E-state index contributed by atoms with van der Waals surface area (Å²) in [6, 6.07) is 3.14. The SMILES string of the molecule is COc1cc(C=CC(=O)O)c(OC)cc1C=CC(=O)O. The molecule has 0 heterocycles. The molecular weight excluding hydrogens is 264 g/mol. The lowest BCUT2D eigenvalue weighted by molar-refractivity contribution is -0.132. The average Bonchev–Trinajstić information content (AvgIpc) is 2.42. The van der Waals surface area contributed by atoms with Gasteiger partial charge in [-0.25, -0.2) is 9.59 Å². The molecule has 106 valence electrons. The van der Waals surface area contributed by atoms with E-state index in [1.165, 1.54) is 26.4 Å². The van der Waals surface area contributed by atoms with Gasteiger partial charge in [0.15, 0.2) is 0 Å². The van der Waals surface area contributed by atoms with E-state index in [1.54, 1.807) is 12.1 Å². The third-order valence-electron chi connectivity index (χ3n) is 2.39. The van der Waals surface area contributed by atoms with Crippen molar-refractivity contribution < 1.29 is 29.3 Å². The Bertz CT molecular complexity index is 520. The van der Waals surface area contributed by atoms with Crippen LogP contribution in [0, 0.1) is 0 Å². The molecule has 0 saturated carbocycles. The Morgan fingerprint density at radius 1 is 0.900 bits per heavy atom. The Hall–Kier alpha value is -2.76. The molecule has 0 radical (unpaired) electrons. The lowest BCUT2D eigenvalue weighted by Crippen LogP contribution is -1.95. The number of hydrogen-bond donors (Lipinski definition) is 2. The van der Waals surface area contributed by atoms with Gasteiger partial charge in [0.2, 0.25) is 0 Å². The van der Waals surface area contributed by atoms with Crippen LogP contribution in [-0.2, 0) is 9.59 Å². The van der Waals surface area contributed by atoms with Crippen LogP contribution in [0.3, 0.4) is 0 Å². The van der Waals surface area contributed by atoms with Gasteiger partial charge in [0, 0.05) is 23.3 Å². The summed E-state index contributed by atoms with van der Waals surface area (Å²) in [6.45, 7) is 0. The monoisotopic (exact) mass is 278 g/mol. The van der Waals surface area contributed by atoms with Crippen molar-refractivity contribution in [3.05, 3.63) is 35.4 Å². The van der Waals surface area contributed by atoms with E-state index in [0.29, 0.717) is 22.6 Å². The lowest BCUT2D eigenvalue weighted by atomic mass is 10.1. The van der Waals surface area contributed by atoms with Gasteiger partial charge < -0.3 is 19.7 Å². The fourth-order valence-corrected chi connectivity index (χ4v) is 1.53. The number of carbonyl (C=O) groups is 2. The molecule has 6 heteroatoms. The fourth-order valence-electron chi connectivity index (χ4n) is 1.53. The molecule has 0 aliphatic rings. The van der Waals surface area contributed by atoms with E-state index in [4.69, 9.17) is 19.7 Å². The molecule has 0 aliphatic heterocycles. The zero-order chi connectivity index (χ0) is 15.1. The minimum Gasteiger partial charge on any atom is -0.496 e. The van der Waals surface area contributed by atoms with E-state index in [0.717, 1.165) is 12.2 Å². The second-order valence-electron chi connectivity index (χ2n) is 3.68. The van der Waals surface area contributed by atoms with Crippen molar-refractivity contribution in [2.45, 2.75) is 0 Å². The summed E-state index contributed by atoms with van der Waals surface area (Å²) in [5.74, 6) is -1.34. The van der Waals surface area contributed by atoms with Crippen LogP contribution in [0.1, 0.15) is 11.1 Å². The van der Waals surface area contributed by atoms with Crippen molar-refractivity contribution in [2.75, 3.05) is 14.2 Å². The van der Waals surface area contributed by atoms with E-state index in [1.807, 2.05) is 0 Å². The Morgan fingerprint density at radius 3 is 1.50 bits per heavy atom. The predicted octanol–water partition coefficient (Wildman–Crippen LogP) is 1.90. The van der Waals surface area contributed by atoms with Crippen LogP contribution in [0.25, 0.3) is 12.2 Å². The molecule has 6 nitrogen and oxygen atoms in total. The van der Waals surface area contributed by atoms with Crippen molar-refractivity contribution in [2.24, 2.45) is 0 Å². The Kier molecular flexibility index (Phi) is 5.34. The first-order chi connectivity index (χ1) is 9.47. The minimum atomic E-state index is -1.08. The molecule has 1 aromatic carbocycles. The molecule has 1 rings (SSSR count). The quantitative estimate of drug-likeness (QED) is 0.772. The smallest absolute Gasteiger partial charge is 0.328 e. The largest absolute Gasteiger partial charge is 0.496 e. The zero-order valence-electron chi connectivity index (χ0n) is 11.0. The molecule has 0 amide bonds. The van der Waals surface area contributed by atoms with Gasteiger partial charge in [0.25, 0.3) is 0 Å². The molecule has 0 saturated heterocycles. The van der Waals surface area contributed by atoms with E-state index in [9.17, 15) is 9.59 Å². The lowest BCUT2D eigenvalue weighted by Gasteiger charge is -2.10. The maximum atomic E-state index is 10.5. The van der Waals surface area contributed by atoms with Gasteiger partial charge >= 0.3 is 11.9 Å². The van der Waals surface area contributed by atoms with Gasteiger partial charge in [0.1, 0.15) is 11.5 Å². The molecular formula is C14H14O6. The molecule has 20 heavy (non-hydrogen) atoms. The van der Waals surface area contributed by atoms with E-state index >= 15 is 0 Å². The summed E-state index contributed by atoms with van der Waals surface area (Å²) in [5, 5.41) is 17.3. The first-order valence-electron chi connectivity index (χ1n) is 5.56. The first kappa shape index (κ1) is 15.3. The Balaban J connectivity index is 3.29. The second-order valence-corrected chi connectivity index (χ2v) is 3.68. The van der Waals surface area contributed by atoms with Crippen LogP contribution < -0.4 is 9.47 Å². The molecule has 0 atom stereocenters. The van der Waals surface area contributed by atoms with E-state index in [-0.39, 0.29) is 0 Å². The van der Waals surface area contributed by atoms with Gasteiger partial charge in [0.05, 0.1) is 14.2 Å². The molecule has 0 fully saturated rings. The molecule has 2 N–H and O–H groups in total. The fraction of sp³-hybridized carbons (Fsp3) is 0.143. The number of ether oxygens (including phenoxy) is 2. The number of carboxylic acids is 2. The second kappa shape index (κ2) is 6.98. The van der Waals surface area contributed by atoms with Crippen LogP contribution >= 0.6 is 0 Å². The van der Waals surface area contributed by atoms with Crippen molar-refractivity contribution in [3.8, 4) is 11.5 Å². The maximum absolute atomic E-state index is 10.5. The van der Waals surface area contributed by atoms with E-state index in [2.05, 4.69) is 0 Å². The molecule has 0 spiro atoms. The number of carboxylic acid groups (broad SMARTS) is 2. The maximum Gasteiger partial charge on any atom is 0.328 e. The predicted molar refractivity (Wildman–Crippen MR) is 72.9 cm³/mol. The Morgan fingerprint density at radius 2 is 1.25 bits per heavy atom. The van der Waals surface area contributed by atoms with Crippen molar-refractivity contribution >= 4 is 24.1 Å². The normalized spacial score (nSPS) is 10.9. The highest BCUT2D eigenvalue weighted by atomic mass is 16.5. The summed E-state index contributed by atoms with van der Waals surface area (Å²) in [5.41, 5.74) is 1.03. The van der Waals surface area contributed by atoms with Crippen LogP contribution in [0.4, 0.5) is 0 Å². The minimum absolute atomic E-state index is 0.410. The average molecular weight is 278 g/mol. The summed E-state index contributed by atoms with van der Waals surface area (Å²) >= 11 is 0. The number of methoxy groups -OCH3 is 2. The summed E-state index contributed by atoms with van der Waals surface area (Å²) < 4.78 is 10.3. The standard InChI is InChI=1S/C14H14O6/c1-19-11-7-10(4-6-14(17)18)12(20-2)8-9(11)3-5-13(15)16/h3-8H,1-2H3,(H,15,16)(H,17,18). The summed E-state index contributed by atoms with van der Waals surface area (Å²) in [4.78, 5) is 21.1. The van der Waals surface area contributed by atoms with Crippen LogP contribution in [0.2, 0.25) is 0 Å². The van der Waals surface area contributed by atoms with Gasteiger partial charge in [-0.05, 0) is 24.3 Å². The Labute approximate surface area is 115 Å². The first-order valence-corrected chi connectivity index (χ1v) is 5.56. The third kappa shape index (κ3) is 4.16. The van der Waals surface area contributed by atoms with Crippen molar-refractivity contribution in [1.82, 2.24) is 0 Å². The van der Waals surface area contributed by atoms with Crippen molar-refractivity contribution in [3.63, 3.8) is 0 Å². The van der Waals surface area contributed by atoms with Gasteiger partial charge in [-0.15, -0.1) is 0 Å². The number of hydrogen-bond acceptors (Lipinski definition) is 4. The van der Waals surface area contributed by atoms with Crippen LogP contribution in [0.5, 0.6) is 11.5 Å². The molecule has 0 unspecified atom stereocenters. The number of aliphatic carboxylic acids is 2. The molecule has 1 aromatic rings. The zero-order valence-corrected chi connectivity index (χ0v) is 11.0. The molecule has 0 aromatic heterocycles. The molecule has 0 bridgehead atoms. The van der Waals surface area contributed by atoms with Gasteiger partial charge in [-0.2, -0.15) is 0 Å². The number of benzene rings is 1. The summed E-state index contributed by atoms with van der Waals surface area (Å²) in [6.07, 6.45) is 4.69. The van der Waals surface area contributed by atoms with Crippen LogP contribution in [-0.4, -0.2) is 36.4 Å². The summed E-state index contributed by atoms with van der Waals surface area (Å²) in [7, 11) is 2.87. The third-order valence-corrected chi connectivity index (χ3v) is 2.39. The van der Waals surface area contributed by atoms with Crippen LogP contribution in [0.15, 0.2) is 24.3 Å². The van der Waals surface area contributed by atoms with E-state index < -0.39 is 11.9 Å².